The van der Waals surface area contributed by atoms with Crippen molar-refractivity contribution in [3.05, 3.63) is 51.9 Å². The molecule has 1 aromatic heterocycles. The third kappa shape index (κ3) is 2.79. The van der Waals surface area contributed by atoms with Gasteiger partial charge in [0, 0.05) is 18.7 Å². The minimum absolute atomic E-state index is 0.800. The maximum Gasteiger partial charge on any atom is 0.138 e. The van der Waals surface area contributed by atoms with Gasteiger partial charge in [-0.15, -0.1) is 0 Å². The summed E-state index contributed by atoms with van der Waals surface area (Å²) >= 11 is 0. The largest absolute Gasteiger partial charge is 0.361 e. The topological polar surface area (TPSA) is 38.1 Å². The number of nitrogens with zero attached hydrogens (tertiary/aromatic N) is 1. The van der Waals surface area contributed by atoms with E-state index in [2.05, 4.69) is 42.5 Å². The molecule has 1 N–H and O–H groups in total. The van der Waals surface area contributed by atoms with Gasteiger partial charge in [0.05, 0.1) is 5.69 Å². The van der Waals surface area contributed by atoms with E-state index in [-0.39, 0.29) is 0 Å². The fourth-order valence-electron chi connectivity index (χ4n) is 2.12. The van der Waals surface area contributed by atoms with Crippen LogP contribution in [0.2, 0.25) is 0 Å². The molecule has 0 atom stereocenters. The third-order valence-corrected chi connectivity index (χ3v) is 3.30. The van der Waals surface area contributed by atoms with Crippen LogP contribution in [0.5, 0.6) is 0 Å². The SMILES string of the molecule is Cc1ccc(CNCc2c(C)noc2C)c(C)c1. The van der Waals surface area contributed by atoms with Crippen molar-refractivity contribution in [1.29, 1.82) is 0 Å². The van der Waals surface area contributed by atoms with Gasteiger partial charge in [-0.2, -0.15) is 0 Å². The van der Waals surface area contributed by atoms with Crippen molar-refractivity contribution in [1.82, 2.24) is 10.5 Å². The van der Waals surface area contributed by atoms with Gasteiger partial charge in [-0.3, -0.25) is 0 Å². The molecule has 2 rings (SSSR count). The molecule has 96 valence electrons. The molecule has 0 aliphatic carbocycles. The first-order chi connectivity index (χ1) is 8.58. The second kappa shape index (κ2) is 5.36. The highest BCUT2D eigenvalue weighted by Crippen LogP contribution is 2.13. The first-order valence-corrected chi connectivity index (χ1v) is 6.26. The molecule has 0 aliphatic rings. The molecule has 0 spiro atoms. The van der Waals surface area contributed by atoms with Crippen molar-refractivity contribution in [3.63, 3.8) is 0 Å². The lowest BCUT2D eigenvalue weighted by Crippen LogP contribution is -2.14. The lowest BCUT2D eigenvalue weighted by atomic mass is 10.1. The molecule has 0 amide bonds. The van der Waals surface area contributed by atoms with Gasteiger partial charge in [-0.1, -0.05) is 28.9 Å². The smallest absolute Gasteiger partial charge is 0.138 e. The first kappa shape index (κ1) is 12.8. The van der Waals surface area contributed by atoms with Gasteiger partial charge in [0.2, 0.25) is 0 Å². The minimum Gasteiger partial charge on any atom is -0.361 e. The number of hydrogen-bond acceptors (Lipinski definition) is 3. The Labute approximate surface area is 108 Å². The molecule has 0 bridgehead atoms. The monoisotopic (exact) mass is 244 g/mol. The zero-order valence-corrected chi connectivity index (χ0v) is 11.5. The van der Waals surface area contributed by atoms with Gasteiger partial charge in [-0.05, 0) is 38.8 Å². The lowest BCUT2D eigenvalue weighted by molar-refractivity contribution is 0.392. The van der Waals surface area contributed by atoms with Crippen molar-refractivity contribution < 1.29 is 4.52 Å². The van der Waals surface area contributed by atoms with Crippen LogP contribution in [0.4, 0.5) is 0 Å². The van der Waals surface area contributed by atoms with E-state index in [1.165, 1.54) is 22.3 Å². The Bertz CT molecular complexity index is 524. The zero-order valence-electron chi connectivity index (χ0n) is 11.5. The van der Waals surface area contributed by atoms with Crippen molar-refractivity contribution in [2.24, 2.45) is 0 Å². The molecule has 1 heterocycles. The van der Waals surface area contributed by atoms with Crippen molar-refractivity contribution in [2.75, 3.05) is 0 Å². The van der Waals surface area contributed by atoms with Crippen LogP contribution in [-0.2, 0) is 13.1 Å². The first-order valence-electron chi connectivity index (χ1n) is 6.26. The van der Waals surface area contributed by atoms with Crippen LogP contribution >= 0.6 is 0 Å². The lowest BCUT2D eigenvalue weighted by Gasteiger charge is -2.08. The van der Waals surface area contributed by atoms with E-state index in [9.17, 15) is 0 Å². The molecule has 0 aliphatic heterocycles. The van der Waals surface area contributed by atoms with E-state index in [0.717, 1.165) is 24.5 Å². The molecule has 2 aromatic rings. The number of aryl methyl sites for hydroxylation is 4. The van der Waals surface area contributed by atoms with Gasteiger partial charge in [-0.25, -0.2) is 0 Å². The van der Waals surface area contributed by atoms with Gasteiger partial charge in [0.25, 0.3) is 0 Å². The summed E-state index contributed by atoms with van der Waals surface area (Å²) in [5, 5.41) is 7.40. The average Bonchev–Trinajstić information content (AvgIpc) is 2.63. The summed E-state index contributed by atoms with van der Waals surface area (Å²) in [5.74, 6) is 0.903. The second-order valence-corrected chi connectivity index (χ2v) is 4.84. The number of benzene rings is 1. The molecule has 3 heteroatoms. The molecule has 0 saturated heterocycles. The number of nitrogens with one attached hydrogen (secondary N) is 1. The van der Waals surface area contributed by atoms with E-state index in [4.69, 9.17) is 4.52 Å². The van der Waals surface area contributed by atoms with Crippen LogP contribution in [0.15, 0.2) is 22.7 Å². The number of hydrogen-bond donors (Lipinski definition) is 1. The zero-order chi connectivity index (χ0) is 13.1. The minimum atomic E-state index is 0.800. The number of aromatic nitrogens is 1. The van der Waals surface area contributed by atoms with Crippen molar-refractivity contribution in [3.8, 4) is 0 Å². The Morgan fingerprint density at radius 1 is 1.11 bits per heavy atom. The van der Waals surface area contributed by atoms with Gasteiger partial charge < -0.3 is 9.84 Å². The Balaban J connectivity index is 1.96. The van der Waals surface area contributed by atoms with Crippen LogP contribution in [0, 0.1) is 27.7 Å². The maximum atomic E-state index is 5.15. The second-order valence-electron chi connectivity index (χ2n) is 4.84. The fourth-order valence-corrected chi connectivity index (χ4v) is 2.12. The molecular weight excluding hydrogens is 224 g/mol. The Hall–Kier alpha value is -1.61. The van der Waals surface area contributed by atoms with Crippen molar-refractivity contribution >= 4 is 0 Å². The van der Waals surface area contributed by atoms with Crippen LogP contribution in [0.1, 0.15) is 33.7 Å². The highest BCUT2D eigenvalue weighted by Gasteiger charge is 2.08. The Morgan fingerprint density at radius 2 is 1.89 bits per heavy atom. The highest BCUT2D eigenvalue weighted by atomic mass is 16.5. The molecule has 3 nitrogen and oxygen atoms in total. The normalized spacial score (nSPS) is 10.9. The molecule has 18 heavy (non-hydrogen) atoms. The average molecular weight is 244 g/mol. The van der Waals surface area contributed by atoms with Crippen LogP contribution < -0.4 is 5.32 Å². The van der Waals surface area contributed by atoms with Crippen molar-refractivity contribution in [2.45, 2.75) is 40.8 Å². The molecule has 0 unspecified atom stereocenters. The quantitative estimate of drug-likeness (QED) is 0.897. The molecular formula is C15H20N2O. The summed E-state index contributed by atoms with van der Waals surface area (Å²) in [5.41, 5.74) is 6.12. The van der Waals surface area contributed by atoms with Crippen LogP contribution in [0.25, 0.3) is 0 Å². The van der Waals surface area contributed by atoms with Gasteiger partial charge in [0.1, 0.15) is 5.76 Å². The molecule has 1 aromatic carbocycles. The molecule has 0 saturated carbocycles. The van der Waals surface area contributed by atoms with Crippen LogP contribution in [0.3, 0.4) is 0 Å². The maximum absolute atomic E-state index is 5.15. The van der Waals surface area contributed by atoms with E-state index < -0.39 is 0 Å². The summed E-state index contributed by atoms with van der Waals surface area (Å²) in [7, 11) is 0. The summed E-state index contributed by atoms with van der Waals surface area (Å²) in [6, 6.07) is 6.55. The standard InChI is InChI=1S/C15H20N2O/c1-10-5-6-14(11(2)7-10)8-16-9-15-12(3)17-18-13(15)4/h5-7,16H,8-9H2,1-4H3. The molecule has 0 fully saturated rings. The summed E-state index contributed by atoms with van der Waals surface area (Å²) < 4.78 is 5.15. The summed E-state index contributed by atoms with van der Waals surface area (Å²) in [6.45, 7) is 9.87. The van der Waals surface area contributed by atoms with Gasteiger partial charge in [0.15, 0.2) is 0 Å². The fraction of sp³-hybridized carbons (Fsp3) is 0.400. The van der Waals surface area contributed by atoms with Gasteiger partial charge >= 0.3 is 0 Å². The third-order valence-electron chi connectivity index (χ3n) is 3.30. The highest BCUT2D eigenvalue weighted by molar-refractivity contribution is 5.30. The van der Waals surface area contributed by atoms with E-state index in [1.807, 2.05) is 13.8 Å². The summed E-state index contributed by atoms with van der Waals surface area (Å²) in [4.78, 5) is 0. The predicted octanol–water partition coefficient (Wildman–Crippen LogP) is 3.20. The van der Waals surface area contributed by atoms with Crippen LogP contribution in [-0.4, -0.2) is 5.16 Å². The number of rotatable bonds is 4. The Kier molecular flexibility index (Phi) is 3.82. The summed E-state index contributed by atoms with van der Waals surface area (Å²) in [6.07, 6.45) is 0. The van der Waals surface area contributed by atoms with E-state index >= 15 is 0 Å². The van der Waals surface area contributed by atoms with E-state index in [0.29, 0.717) is 0 Å². The molecule has 0 radical (unpaired) electrons. The predicted molar refractivity (Wildman–Crippen MR) is 72.4 cm³/mol. The van der Waals surface area contributed by atoms with E-state index in [1.54, 1.807) is 0 Å². The Morgan fingerprint density at radius 3 is 2.50 bits per heavy atom.